The van der Waals surface area contributed by atoms with Gasteiger partial charge >= 0.3 is 12.0 Å². The van der Waals surface area contributed by atoms with E-state index in [0.29, 0.717) is 32.5 Å². The molecule has 1 aromatic rings. The van der Waals surface area contributed by atoms with Crippen LogP contribution < -0.4 is 5.32 Å². The molecular formula is C19H25N3O4. The average Bonchev–Trinajstić information content (AvgIpc) is 3.22. The molecule has 2 unspecified atom stereocenters. The largest absolute Gasteiger partial charge is 0.481 e. The van der Waals surface area contributed by atoms with Crippen LogP contribution in [0.1, 0.15) is 37.8 Å². The molecule has 140 valence electrons. The zero-order chi connectivity index (χ0) is 18.7. The summed E-state index contributed by atoms with van der Waals surface area (Å²) in [6, 6.07) is 8.96. The van der Waals surface area contributed by atoms with Gasteiger partial charge in [-0.2, -0.15) is 0 Å². The van der Waals surface area contributed by atoms with Gasteiger partial charge in [0.25, 0.3) is 0 Å². The van der Waals surface area contributed by atoms with Crippen LogP contribution in [0, 0.1) is 5.41 Å². The van der Waals surface area contributed by atoms with Crippen LogP contribution in [0.2, 0.25) is 0 Å². The number of carbonyl (C=O) groups is 3. The van der Waals surface area contributed by atoms with Crippen molar-refractivity contribution in [3.63, 3.8) is 0 Å². The molecule has 2 atom stereocenters. The van der Waals surface area contributed by atoms with E-state index in [0.717, 1.165) is 12.0 Å². The second-order valence-electron chi connectivity index (χ2n) is 7.39. The highest BCUT2D eigenvalue weighted by atomic mass is 16.4. The molecule has 0 saturated carbocycles. The molecule has 2 aliphatic rings. The van der Waals surface area contributed by atoms with Crippen molar-refractivity contribution in [2.24, 2.45) is 5.41 Å². The number of nitrogens with one attached hydrogen (secondary N) is 1. The molecule has 26 heavy (non-hydrogen) atoms. The smallest absolute Gasteiger partial charge is 0.317 e. The maximum atomic E-state index is 12.7. The van der Waals surface area contributed by atoms with Gasteiger partial charge in [0.1, 0.15) is 0 Å². The van der Waals surface area contributed by atoms with Gasteiger partial charge in [-0.05, 0) is 25.3 Å². The van der Waals surface area contributed by atoms with Crippen molar-refractivity contribution in [3.8, 4) is 0 Å². The lowest BCUT2D eigenvalue weighted by molar-refractivity contribution is -0.147. The fourth-order valence-electron chi connectivity index (χ4n) is 3.59. The molecule has 0 spiro atoms. The van der Waals surface area contributed by atoms with Gasteiger partial charge in [-0.1, -0.05) is 30.3 Å². The molecule has 3 amide bonds. The Labute approximate surface area is 153 Å². The molecule has 2 N–H and O–H groups in total. The van der Waals surface area contributed by atoms with Crippen LogP contribution in [0.5, 0.6) is 0 Å². The second-order valence-corrected chi connectivity index (χ2v) is 7.39. The Morgan fingerprint density at radius 3 is 2.58 bits per heavy atom. The Bertz CT molecular complexity index is 693. The van der Waals surface area contributed by atoms with Crippen LogP contribution in [0.25, 0.3) is 0 Å². The Morgan fingerprint density at radius 2 is 2.00 bits per heavy atom. The van der Waals surface area contributed by atoms with E-state index in [1.807, 2.05) is 30.3 Å². The predicted octanol–water partition coefficient (Wildman–Crippen LogP) is 1.86. The number of benzene rings is 1. The number of nitrogens with zero attached hydrogens (tertiary/aromatic N) is 2. The van der Waals surface area contributed by atoms with Crippen LogP contribution in [0.15, 0.2) is 30.3 Å². The molecule has 2 heterocycles. The van der Waals surface area contributed by atoms with Crippen LogP contribution >= 0.6 is 0 Å². The standard InChI is InChI=1S/C19H25N3O4/c1-19(17(24)25)9-11-22(13-19)18(26)20-15(14-6-3-2-4-7-14)12-21-10-5-8-16(21)23/h2-4,6-7,15H,5,8-13H2,1H3,(H,20,26)(H,24,25). The molecule has 2 saturated heterocycles. The zero-order valence-corrected chi connectivity index (χ0v) is 15.0. The maximum absolute atomic E-state index is 12.7. The molecule has 0 bridgehead atoms. The van der Waals surface area contributed by atoms with E-state index < -0.39 is 11.4 Å². The summed E-state index contributed by atoms with van der Waals surface area (Å²) in [6.45, 7) is 3.41. The number of urea groups is 1. The van der Waals surface area contributed by atoms with Gasteiger partial charge in [0.2, 0.25) is 5.91 Å². The van der Waals surface area contributed by atoms with E-state index in [2.05, 4.69) is 5.32 Å². The quantitative estimate of drug-likeness (QED) is 0.840. The summed E-state index contributed by atoms with van der Waals surface area (Å²) in [5.41, 5.74) is 0.0329. The van der Waals surface area contributed by atoms with Gasteiger partial charge in [0.15, 0.2) is 0 Å². The molecule has 0 radical (unpaired) electrons. The topological polar surface area (TPSA) is 89.9 Å². The summed E-state index contributed by atoms with van der Waals surface area (Å²) in [5.74, 6) is -0.769. The number of carbonyl (C=O) groups excluding carboxylic acids is 2. The highest BCUT2D eigenvalue weighted by Crippen LogP contribution is 2.30. The van der Waals surface area contributed by atoms with Gasteiger partial charge in [-0.25, -0.2) is 4.79 Å². The summed E-state index contributed by atoms with van der Waals surface area (Å²) in [7, 11) is 0. The van der Waals surface area contributed by atoms with E-state index in [1.165, 1.54) is 0 Å². The van der Waals surface area contributed by atoms with Crippen LogP contribution in [0.3, 0.4) is 0 Å². The van der Waals surface area contributed by atoms with E-state index in [9.17, 15) is 19.5 Å². The first kappa shape index (κ1) is 18.2. The van der Waals surface area contributed by atoms with E-state index in [4.69, 9.17) is 0 Å². The molecular weight excluding hydrogens is 334 g/mol. The Balaban J connectivity index is 1.70. The fraction of sp³-hybridized carbons (Fsp3) is 0.526. The highest BCUT2D eigenvalue weighted by molar-refractivity contribution is 5.80. The van der Waals surface area contributed by atoms with E-state index in [-0.39, 0.29) is 24.5 Å². The first-order valence-corrected chi connectivity index (χ1v) is 9.01. The molecule has 1 aromatic carbocycles. The first-order valence-electron chi connectivity index (χ1n) is 9.01. The van der Waals surface area contributed by atoms with Gasteiger partial charge in [0, 0.05) is 32.6 Å². The molecule has 7 nitrogen and oxygen atoms in total. The summed E-state index contributed by atoms with van der Waals surface area (Å²) in [6.07, 6.45) is 1.84. The summed E-state index contributed by atoms with van der Waals surface area (Å²) in [4.78, 5) is 39.4. The fourth-order valence-corrected chi connectivity index (χ4v) is 3.59. The molecule has 0 aromatic heterocycles. The number of hydrogen-bond acceptors (Lipinski definition) is 3. The van der Waals surface area contributed by atoms with Gasteiger partial charge in [-0.3, -0.25) is 9.59 Å². The summed E-state index contributed by atoms with van der Waals surface area (Å²) >= 11 is 0. The Kier molecular flexibility index (Phi) is 5.15. The van der Waals surface area contributed by atoms with Gasteiger partial charge < -0.3 is 20.2 Å². The van der Waals surface area contributed by atoms with Crippen molar-refractivity contribution < 1.29 is 19.5 Å². The second kappa shape index (κ2) is 7.35. The number of carboxylic acids is 1. The van der Waals surface area contributed by atoms with Crippen LogP contribution in [-0.4, -0.2) is 59.0 Å². The monoisotopic (exact) mass is 359 g/mol. The minimum atomic E-state index is -0.898. The number of carboxylic acid groups (broad SMARTS) is 1. The Hall–Kier alpha value is -2.57. The SMILES string of the molecule is CC1(C(=O)O)CCN(C(=O)NC(CN2CCCC2=O)c2ccccc2)C1. The zero-order valence-electron chi connectivity index (χ0n) is 15.0. The minimum absolute atomic E-state index is 0.111. The van der Waals surface area contributed by atoms with Crippen molar-refractivity contribution >= 4 is 17.9 Å². The first-order chi connectivity index (χ1) is 12.4. The van der Waals surface area contributed by atoms with Gasteiger partial charge in [0.05, 0.1) is 11.5 Å². The molecule has 7 heteroatoms. The van der Waals surface area contributed by atoms with Crippen LogP contribution in [0.4, 0.5) is 4.79 Å². The van der Waals surface area contributed by atoms with Gasteiger partial charge in [-0.15, -0.1) is 0 Å². The average molecular weight is 359 g/mol. The van der Waals surface area contributed by atoms with Crippen molar-refractivity contribution in [1.82, 2.24) is 15.1 Å². The third-order valence-electron chi connectivity index (χ3n) is 5.35. The lowest BCUT2D eigenvalue weighted by Crippen LogP contribution is -2.45. The van der Waals surface area contributed by atoms with Crippen molar-refractivity contribution in [2.75, 3.05) is 26.2 Å². The number of likely N-dealkylation sites (tertiary alicyclic amines) is 2. The molecule has 2 fully saturated rings. The summed E-state index contributed by atoms with van der Waals surface area (Å²) < 4.78 is 0. The third-order valence-corrected chi connectivity index (χ3v) is 5.35. The highest BCUT2D eigenvalue weighted by Gasteiger charge is 2.42. The number of hydrogen-bond donors (Lipinski definition) is 2. The van der Waals surface area contributed by atoms with Crippen molar-refractivity contribution in [2.45, 2.75) is 32.2 Å². The predicted molar refractivity (Wildman–Crippen MR) is 95.5 cm³/mol. The number of amides is 3. The number of rotatable bonds is 5. The molecule has 0 aliphatic carbocycles. The molecule has 2 aliphatic heterocycles. The number of aliphatic carboxylic acids is 1. The van der Waals surface area contributed by atoms with E-state index >= 15 is 0 Å². The van der Waals surface area contributed by atoms with Crippen molar-refractivity contribution in [1.29, 1.82) is 0 Å². The summed E-state index contributed by atoms with van der Waals surface area (Å²) in [5, 5.41) is 12.3. The van der Waals surface area contributed by atoms with Crippen molar-refractivity contribution in [3.05, 3.63) is 35.9 Å². The maximum Gasteiger partial charge on any atom is 0.317 e. The van der Waals surface area contributed by atoms with E-state index in [1.54, 1.807) is 16.7 Å². The minimum Gasteiger partial charge on any atom is -0.481 e. The normalized spacial score (nSPS) is 24.0. The lowest BCUT2D eigenvalue weighted by atomic mass is 9.90. The molecule has 3 rings (SSSR count). The third kappa shape index (κ3) is 3.81. The van der Waals surface area contributed by atoms with Crippen LogP contribution in [-0.2, 0) is 9.59 Å². The Morgan fingerprint density at radius 1 is 1.27 bits per heavy atom. The lowest BCUT2D eigenvalue weighted by Gasteiger charge is -2.28.